The van der Waals surface area contributed by atoms with Crippen LogP contribution in [0.2, 0.25) is 5.02 Å². The van der Waals surface area contributed by atoms with Gasteiger partial charge in [0.25, 0.3) is 0 Å². The number of hydrogen-bond acceptors (Lipinski definition) is 2. The first-order valence-electron chi connectivity index (χ1n) is 8.60. The first-order valence-corrected chi connectivity index (χ1v) is 10.6. The summed E-state index contributed by atoms with van der Waals surface area (Å²) in [7, 11) is 0. The summed E-state index contributed by atoms with van der Waals surface area (Å²) in [5.41, 5.74) is 2.26. The van der Waals surface area contributed by atoms with Crippen molar-refractivity contribution in [1.29, 1.82) is 0 Å². The van der Waals surface area contributed by atoms with E-state index in [-0.39, 0.29) is 12.0 Å². The SMILES string of the molecule is CCc1ccc(C2Oc3cc(Cl)cc(F)c3-c3cc4cc(Br)ccc4n32)s1. The molecule has 0 radical (unpaired) electrons. The molecule has 0 bridgehead atoms. The van der Waals surface area contributed by atoms with Crippen LogP contribution in [0.4, 0.5) is 4.39 Å². The van der Waals surface area contributed by atoms with Gasteiger partial charge in [-0.05, 0) is 55.0 Å². The Labute approximate surface area is 173 Å². The van der Waals surface area contributed by atoms with E-state index in [1.807, 2.05) is 24.3 Å². The second kappa shape index (κ2) is 6.36. The van der Waals surface area contributed by atoms with Gasteiger partial charge in [-0.15, -0.1) is 11.3 Å². The maximum atomic E-state index is 14.8. The van der Waals surface area contributed by atoms with Gasteiger partial charge in [-0.1, -0.05) is 34.5 Å². The maximum Gasteiger partial charge on any atom is 0.212 e. The zero-order valence-corrected chi connectivity index (χ0v) is 17.5. The first kappa shape index (κ1) is 17.3. The first-order chi connectivity index (χ1) is 13.0. The number of hydrogen-bond donors (Lipinski definition) is 0. The third-order valence-electron chi connectivity index (χ3n) is 4.82. The number of aryl methyl sites for hydroxylation is 1. The lowest BCUT2D eigenvalue weighted by molar-refractivity contribution is 0.176. The number of rotatable bonds is 2. The van der Waals surface area contributed by atoms with Crippen LogP contribution in [-0.2, 0) is 6.42 Å². The number of fused-ring (bicyclic) bond motifs is 5. The van der Waals surface area contributed by atoms with Crippen molar-refractivity contribution in [3.05, 3.63) is 73.6 Å². The van der Waals surface area contributed by atoms with Crippen LogP contribution >= 0.6 is 38.9 Å². The molecule has 2 aromatic heterocycles. The molecule has 1 aliphatic rings. The van der Waals surface area contributed by atoms with E-state index < -0.39 is 0 Å². The normalized spacial score (nSPS) is 15.5. The molecule has 0 saturated heterocycles. The van der Waals surface area contributed by atoms with Crippen LogP contribution in [-0.4, -0.2) is 4.57 Å². The minimum atomic E-state index is -0.375. The average molecular weight is 463 g/mol. The highest BCUT2D eigenvalue weighted by Crippen LogP contribution is 2.47. The van der Waals surface area contributed by atoms with Crippen molar-refractivity contribution >= 4 is 49.8 Å². The molecule has 4 aromatic rings. The molecule has 0 spiro atoms. The maximum absolute atomic E-state index is 14.8. The Kier molecular flexibility index (Phi) is 4.08. The molecule has 0 saturated carbocycles. The third kappa shape index (κ3) is 2.72. The Morgan fingerprint density at radius 3 is 2.81 bits per heavy atom. The lowest BCUT2D eigenvalue weighted by atomic mass is 10.1. The minimum absolute atomic E-state index is 0.331. The van der Waals surface area contributed by atoms with Crippen molar-refractivity contribution in [2.75, 3.05) is 0 Å². The van der Waals surface area contributed by atoms with Crippen molar-refractivity contribution < 1.29 is 9.13 Å². The second-order valence-corrected chi connectivity index (χ2v) is 9.04. The van der Waals surface area contributed by atoms with E-state index in [1.54, 1.807) is 17.4 Å². The summed E-state index contributed by atoms with van der Waals surface area (Å²) >= 11 is 11.3. The van der Waals surface area contributed by atoms with Gasteiger partial charge in [0.15, 0.2) is 0 Å². The zero-order chi connectivity index (χ0) is 18.7. The Hall–Kier alpha value is -1.82. The van der Waals surface area contributed by atoms with Crippen LogP contribution in [0.15, 0.2) is 53.0 Å². The lowest BCUT2D eigenvalue weighted by Gasteiger charge is -2.29. The van der Waals surface area contributed by atoms with Crippen molar-refractivity contribution in [3.8, 4) is 17.0 Å². The zero-order valence-electron chi connectivity index (χ0n) is 14.3. The Morgan fingerprint density at radius 2 is 2.04 bits per heavy atom. The van der Waals surface area contributed by atoms with Gasteiger partial charge < -0.3 is 4.74 Å². The molecular formula is C21H14BrClFNOS. The van der Waals surface area contributed by atoms with E-state index in [1.165, 1.54) is 10.9 Å². The molecule has 1 atom stereocenters. The summed E-state index contributed by atoms with van der Waals surface area (Å²) in [4.78, 5) is 2.37. The van der Waals surface area contributed by atoms with Gasteiger partial charge >= 0.3 is 0 Å². The molecule has 6 heteroatoms. The van der Waals surface area contributed by atoms with E-state index in [0.717, 1.165) is 32.4 Å². The number of halogens is 3. The van der Waals surface area contributed by atoms with Gasteiger partial charge in [-0.3, -0.25) is 4.57 Å². The van der Waals surface area contributed by atoms with Crippen molar-refractivity contribution in [1.82, 2.24) is 4.57 Å². The van der Waals surface area contributed by atoms with Gasteiger partial charge in [0.05, 0.1) is 21.7 Å². The topological polar surface area (TPSA) is 14.2 Å². The number of aromatic nitrogens is 1. The molecule has 136 valence electrons. The fraction of sp³-hybridized carbons (Fsp3) is 0.143. The van der Waals surface area contributed by atoms with E-state index in [0.29, 0.717) is 16.3 Å². The van der Waals surface area contributed by atoms with Crippen LogP contribution in [0.25, 0.3) is 22.2 Å². The number of nitrogens with zero attached hydrogens (tertiary/aromatic N) is 1. The molecule has 27 heavy (non-hydrogen) atoms. The minimum Gasteiger partial charge on any atom is -0.464 e. The van der Waals surface area contributed by atoms with Gasteiger partial charge in [-0.2, -0.15) is 0 Å². The second-order valence-electron chi connectivity index (χ2n) is 6.49. The molecule has 2 nitrogen and oxygen atoms in total. The predicted molar refractivity (Wildman–Crippen MR) is 113 cm³/mol. The number of benzene rings is 2. The molecule has 3 heterocycles. The average Bonchev–Trinajstić information content (AvgIpc) is 3.24. The summed E-state index contributed by atoms with van der Waals surface area (Å²) in [6, 6.07) is 15.3. The Bertz CT molecular complexity index is 1200. The largest absolute Gasteiger partial charge is 0.464 e. The van der Waals surface area contributed by atoms with Gasteiger partial charge in [0.2, 0.25) is 6.23 Å². The van der Waals surface area contributed by atoms with E-state index in [4.69, 9.17) is 16.3 Å². The molecule has 0 N–H and O–H groups in total. The molecule has 2 aromatic carbocycles. The lowest BCUT2D eigenvalue weighted by Crippen LogP contribution is -2.21. The highest BCUT2D eigenvalue weighted by molar-refractivity contribution is 9.10. The molecule has 0 fully saturated rings. The third-order valence-corrected chi connectivity index (χ3v) is 6.80. The molecule has 0 amide bonds. The molecule has 0 aliphatic carbocycles. The number of ether oxygens (including phenoxy) is 1. The monoisotopic (exact) mass is 461 g/mol. The fourth-order valence-electron chi connectivity index (χ4n) is 3.62. The summed E-state index contributed by atoms with van der Waals surface area (Å²) in [6.07, 6.45) is 0.620. The summed E-state index contributed by atoms with van der Waals surface area (Å²) < 4.78 is 24.2. The van der Waals surface area contributed by atoms with Gasteiger partial charge in [0.1, 0.15) is 11.6 Å². The van der Waals surface area contributed by atoms with E-state index in [9.17, 15) is 4.39 Å². The summed E-state index contributed by atoms with van der Waals surface area (Å²) in [6.45, 7) is 2.13. The van der Waals surface area contributed by atoms with Crippen LogP contribution < -0.4 is 4.74 Å². The van der Waals surface area contributed by atoms with Crippen LogP contribution in [0.1, 0.15) is 22.9 Å². The fourth-order valence-corrected chi connectivity index (χ4v) is 5.17. The summed E-state index contributed by atoms with van der Waals surface area (Å²) in [5.74, 6) is 0.102. The van der Waals surface area contributed by atoms with Crippen molar-refractivity contribution in [3.63, 3.8) is 0 Å². The summed E-state index contributed by atoms with van der Waals surface area (Å²) in [5, 5.41) is 1.36. The van der Waals surface area contributed by atoms with E-state index >= 15 is 0 Å². The predicted octanol–water partition coefficient (Wildman–Crippen LogP) is 7.43. The van der Waals surface area contributed by atoms with Crippen LogP contribution in [0.3, 0.4) is 0 Å². The standard InChI is InChI=1S/C21H14BrClFNOS/c1-2-14-4-6-19(27-14)21-25-16-5-3-12(22)7-11(16)8-17(25)20-15(24)9-13(23)10-18(20)26-21/h3-10,21H,2H2,1H3. The molecular weight excluding hydrogens is 449 g/mol. The number of thiophene rings is 1. The van der Waals surface area contributed by atoms with E-state index in [2.05, 4.69) is 39.6 Å². The highest BCUT2D eigenvalue weighted by atomic mass is 79.9. The Morgan fingerprint density at radius 1 is 1.19 bits per heavy atom. The van der Waals surface area contributed by atoms with Gasteiger partial charge in [0, 0.05) is 19.8 Å². The van der Waals surface area contributed by atoms with Crippen molar-refractivity contribution in [2.45, 2.75) is 19.6 Å². The Balaban J connectivity index is 1.82. The molecule has 5 rings (SSSR count). The van der Waals surface area contributed by atoms with Crippen LogP contribution in [0, 0.1) is 5.82 Å². The molecule has 1 aliphatic heterocycles. The van der Waals surface area contributed by atoms with Crippen LogP contribution in [0.5, 0.6) is 5.75 Å². The quantitative estimate of drug-likeness (QED) is 0.302. The molecule has 1 unspecified atom stereocenters. The smallest absolute Gasteiger partial charge is 0.212 e. The highest BCUT2D eigenvalue weighted by Gasteiger charge is 2.32. The van der Waals surface area contributed by atoms with Gasteiger partial charge in [-0.25, -0.2) is 4.39 Å². The van der Waals surface area contributed by atoms with Crippen molar-refractivity contribution in [2.24, 2.45) is 0 Å².